The minimum Gasteiger partial charge on any atom is -0.355 e. The largest absolute Gasteiger partial charge is 0.355 e. The average molecular weight is 295 g/mol. The molecule has 0 N–H and O–H groups in total. The van der Waals surface area contributed by atoms with Gasteiger partial charge in [-0.05, 0) is 45.8 Å². The van der Waals surface area contributed by atoms with Crippen molar-refractivity contribution < 1.29 is 4.39 Å². The van der Waals surface area contributed by atoms with Gasteiger partial charge in [0, 0.05) is 13.6 Å². The van der Waals surface area contributed by atoms with Gasteiger partial charge >= 0.3 is 0 Å². The van der Waals surface area contributed by atoms with E-state index >= 15 is 0 Å². The molecular weight excluding hydrogens is 283 g/mol. The molecular formula is C13H12BrFN2. The highest BCUT2D eigenvalue weighted by Gasteiger charge is 2.03. The van der Waals surface area contributed by atoms with Gasteiger partial charge in [0.2, 0.25) is 0 Å². The number of hydrogen-bond acceptors (Lipinski definition) is 2. The van der Waals surface area contributed by atoms with E-state index in [-0.39, 0.29) is 5.82 Å². The van der Waals surface area contributed by atoms with E-state index < -0.39 is 0 Å². The first-order valence-corrected chi connectivity index (χ1v) is 6.02. The van der Waals surface area contributed by atoms with E-state index in [0.29, 0.717) is 6.54 Å². The predicted molar refractivity (Wildman–Crippen MR) is 70.4 cm³/mol. The van der Waals surface area contributed by atoms with Gasteiger partial charge in [-0.15, -0.1) is 0 Å². The zero-order valence-electron chi connectivity index (χ0n) is 9.40. The minimum absolute atomic E-state index is 0.211. The Labute approximate surface area is 108 Å². The standard InChI is InChI=1S/C13H12BrFN2/c1-17(13-4-2-3-12(14)16-13)9-10-5-7-11(15)8-6-10/h2-8H,9H2,1H3. The molecule has 1 heterocycles. The summed E-state index contributed by atoms with van der Waals surface area (Å²) in [7, 11) is 1.96. The summed E-state index contributed by atoms with van der Waals surface area (Å²) in [6.07, 6.45) is 0. The second kappa shape index (κ2) is 5.27. The smallest absolute Gasteiger partial charge is 0.129 e. The zero-order valence-corrected chi connectivity index (χ0v) is 11.0. The second-order valence-electron chi connectivity index (χ2n) is 3.80. The first-order valence-electron chi connectivity index (χ1n) is 5.23. The molecule has 0 spiro atoms. The Kier molecular flexibility index (Phi) is 3.74. The van der Waals surface area contributed by atoms with Crippen LogP contribution in [0.25, 0.3) is 0 Å². The van der Waals surface area contributed by atoms with E-state index in [0.717, 1.165) is 16.0 Å². The third kappa shape index (κ3) is 3.27. The van der Waals surface area contributed by atoms with Crippen molar-refractivity contribution in [3.8, 4) is 0 Å². The van der Waals surface area contributed by atoms with Gasteiger partial charge in [-0.3, -0.25) is 0 Å². The molecule has 17 heavy (non-hydrogen) atoms. The first-order chi connectivity index (χ1) is 8.15. The molecule has 1 aromatic carbocycles. The number of rotatable bonds is 3. The average Bonchev–Trinajstić information content (AvgIpc) is 2.32. The fourth-order valence-electron chi connectivity index (χ4n) is 1.55. The summed E-state index contributed by atoms with van der Waals surface area (Å²) in [5.41, 5.74) is 1.05. The Morgan fingerprint density at radius 2 is 1.88 bits per heavy atom. The quantitative estimate of drug-likeness (QED) is 0.804. The Hall–Kier alpha value is -1.42. The van der Waals surface area contributed by atoms with Crippen LogP contribution < -0.4 is 4.90 Å². The van der Waals surface area contributed by atoms with Gasteiger partial charge in [-0.1, -0.05) is 18.2 Å². The lowest BCUT2D eigenvalue weighted by Gasteiger charge is -2.18. The van der Waals surface area contributed by atoms with Crippen LogP contribution in [-0.2, 0) is 6.54 Å². The monoisotopic (exact) mass is 294 g/mol. The molecule has 0 radical (unpaired) electrons. The molecule has 88 valence electrons. The Morgan fingerprint density at radius 3 is 2.53 bits per heavy atom. The van der Waals surface area contributed by atoms with Crippen LogP contribution in [0.5, 0.6) is 0 Å². The summed E-state index contributed by atoms with van der Waals surface area (Å²) in [4.78, 5) is 6.37. The van der Waals surface area contributed by atoms with Crippen molar-refractivity contribution in [2.45, 2.75) is 6.54 Å². The van der Waals surface area contributed by atoms with E-state index in [2.05, 4.69) is 20.9 Å². The zero-order chi connectivity index (χ0) is 12.3. The van der Waals surface area contributed by atoms with E-state index in [1.807, 2.05) is 30.1 Å². The van der Waals surface area contributed by atoms with Crippen LogP contribution in [0.4, 0.5) is 10.2 Å². The fraction of sp³-hybridized carbons (Fsp3) is 0.154. The third-order valence-corrected chi connectivity index (χ3v) is 2.87. The number of benzene rings is 1. The molecule has 0 saturated heterocycles. The van der Waals surface area contributed by atoms with Crippen LogP contribution in [0.2, 0.25) is 0 Å². The molecule has 0 aliphatic rings. The highest BCUT2D eigenvalue weighted by atomic mass is 79.9. The SMILES string of the molecule is CN(Cc1ccc(F)cc1)c1cccc(Br)n1. The molecule has 0 atom stereocenters. The van der Waals surface area contributed by atoms with Crippen LogP contribution in [0, 0.1) is 5.82 Å². The van der Waals surface area contributed by atoms with Gasteiger partial charge in [0.05, 0.1) is 0 Å². The molecule has 0 unspecified atom stereocenters. The first kappa shape index (κ1) is 12.0. The maximum absolute atomic E-state index is 12.8. The third-order valence-electron chi connectivity index (χ3n) is 2.42. The number of nitrogens with zero attached hydrogens (tertiary/aromatic N) is 2. The van der Waals surface area contributed by atoms with Gasteiger partial charge in [0.15, 0.2) is 0 Å². The number of aromatic nitrogens is 1. The molecule has 0 aliphatic carbocycles. The van der Waals surface area contributed by atoms with Crippen LogP contribution >= 0.6 is 15.9 Å². The Bertz CT molecular complexity index is 499. The molecule has 0 aliphatic heterocycles. The van der Waals surface area contributed by atoms with Crippen molar-refractivity contribution in [3.05, 3.63) is 58.4 Å². The van der Waals surface area contributed by atoms with Gasteiger partial charge in [-0.2, -0.15) is 0 Å². The van der Waals surface area contributed by atoms with E-state index in [4.69, 9.17) is 0 Å². The van der Waals surface area contributed by atoms with E-state index in [9.17, 15) is 4.39 Å². The molecule has 0 saturated carbocycles. The molecule has 0 fully saturated rings. The number of pyridine rings is 1. The van der Waals surface area contributed by atoms with Gasteiger partial charge in [0.1, 0.15) is 16.2 Å². The number of halogens is 2. The maximum atomic E-state index is 12.8. The van der Waals surface area contributed by atoms with Crippen LogP contribution in [0.15, 0.2) is 47.1 Å². The molecule has 2 rings (SSSR count). The summed E-state index contributed by atoms with van der Waals surface area (Å²) in [5, 5.41) is 0. The molecule has 4 heteroatoms. The lowest BCUT2D eigenvalue weighted by molar-refractivity contribution is 0.627. The molecule has 2 nitrogen and oxygen atoms in total. The number of anilines is 1. The molecule has 0 amide bonds. The van der Waals surface area contributed by atoms with Crippen molar-refractivity contribution in [1.29, 1.82) is 0 Å². The Morgan fingerprint density at radius 1 is 1.18 bits per heavy atom. The van der Waals surface area contributed by atoms with Crippen LogP contribution in [0.1, 0.15) is 5.56 Å². The fourth-order valence-corrected chi connectivity index (χ4v) is 1.89. The predicted octanol–water partition coefficient (Wildman–Crippen LogP) is 3.62. The van der Waals surface area contributed by atoms with Crippen molar-refractivity contribution in [1.82, 2.24) is 4.98 Å². The summed E-state index contributed by atoms with van der Waals surface area (Å²) in [6.45, 7) is 0.698. The maximum Gasteiger partial charge on any atom is 0.129 e. The topological polar surface area (TPSA) is 16.1 Å². The molecule has 0 bridgehead atoms. The molecule has 1 aromatic heterocycles. The molecule has 2 aromatic rings. The van der Waals surface area contributed by atoms with Crippen LogP contribution in [-0.4, -0.2) is 12.0 Å². The van der Waals surface area contributed by atoms with Gasteiger partial charge < -0.3 is 4.90 Å². The lowest BCUT2D eigenvalue weighted by atomic mass is 10.2. The summed E-state index contributed by atoms with van der Waals surface area (Å²) >= 11 is 3.34. The lowest BCUT2D eigenvalue weighted by Crippen LogP contribution is -2.17. The highest BCUT2D eigenvalue weighted by Crippen LogP contribution is 2.16. The Balaban J connectivity index is 2.11. The van der Waals surface area contributed by atoms with Crippen molar-refractivity contribution in [2.24, 2.45) is 0 Å². The normalized spacial score (nSPS) is 10.3. The van der Waals surface area contributed by atoms with Crippen molar-refractivity contribution >= 4 is 21.7 Å². The van der Waals surface area contributed by atoms with E-state index in [1.165, 1.54) is 12.1 Å². The van der Waals surface area contributed by atoms with Crippen molar-refractivity contribution in [3.63, 3.8) is 0 Å². The van der Waals surface area contributed by atoms with Gasteiger partial charge in [0.25, 0.3) is 0 Å². The van der Waals surface area contributed by atoms with E-state index in [1.54, 1.807) is 12.1 Å². The summed E-state index contributed by atoms with van der Waals surface area (Å²) in [5.74, 6) is 0.667. The summed E-state index contributed by atoms with van der Waals surface area (Å²) < 4.78 is 13.6. The van der Waals surface area contributed by atoms with Crippen molar-refractivity contribution in [2.75, 3.05) is 11.9 Å². The van der Waals surface area contributed by atoms with Gasteiger partial charge in [-0.25, -0.2) is 9.37 Å². The second-order valence-corrected chi connectivity index (χ2v) is 4.61. The number of hydrogen-bond donors (Lipinski definition) is 0. The van der Waals surface area contributed by atoms with Crippen LogP contribution in [0.3, 0.4) is 0 Å². The highest BCUT2D eigenvalue weighted by molar-refractivity contribution is 9.10. The minimum atomic E-state index is -0.211. The summed E-state index contributed by atoms with van der Waals surface area (Å²) in [6, 6.07) is 12.3.